The molecule has 4 nitrogen and oxygen atoms in total. The Kier molecular flexibility index (Phi) is 3.66. The van der Waals surface area contributed by atoms with Crippen LogP contribution in [0.15, 0.2) is 12.1 Å². The minimum absolute atomic E-state index is 0.534. The van der Waals surface area contributed by atoms with Crippen molar-refractivity contribution in [3.8, 4) is 0 Å². The van der Waals surface area contributed by atoms with Crippen LogP contribution in [0.4, 0.5) is 17.6 Å². The molecule has 17 heavy (non-hydrogen) atoms. The van der Waals surface area contributed by atoms with E-state index in [-0.39, 0.29) is 0 Å². The number of carbonyl (C=O) groups excluding carboxylic acids is 1. The summed E-state index contributed by atoms with van der Waals surface area (Å²) in [4.78, 5) is 18.8. The Morgan fingerprint density at radius 3 is 2.47 bits per heavy atom. The molecule has 0 saturated heterocycles. The standard InChI is InChI=1S/C9H8F4N2O2/c1-15(17-2)8(16)6-4-3-5(10)7(14-6)9(11,12)13/h3-4H,1-2H3. The van der Waals surface area contributed by atoms with E-state index in [1.807, 2.05) is 0 Å². The minimum atomic E-state index is -4.95. The molecule has 0 unspecified atom stereocenters. The molecule has 0 N–H and O–H groups in total. The maximum Gasteiger partial charge on any atom is 0.436 e. The SMILES string of the molecule is CON(C)C(=O)c1ccc(F)c(C(F)(F)F)n1. The Balaban J connectivity index is 3.18. The second kappa shape index (κ2) is 4.66. The lowest BCUT2D eigenvalue weighted by Crippen LogP contribution is -2.27. The van der Waals surface area contributed by atoms with Crippen molar-refractivity contribution < 1.29 is 27.2 Å². The summed E-state index contributed by atoms with van der Waals surface area (Å²) in [5.41, 5.74) is -2.28. The summed E-state index contributed by atoms with van der Waals surface area (Å²) in [6.07, 6.45) is -4.95. The highest BCUT2D eigenvalue weighted by atomic mass is 19.4. The number of pyridine rings is 1. The lowest BCUT2D eigenvalue weighted by molar-refractivity contribution is -0.143. The molecule has 0 aliphatic carbocycles. The maximum atomic E-state index is 12.9. The molecular weight excluding hydrogens is 244 g/mol. The van der Waals surface area contributed by atoms with Crippen LogP contribution < -0.4 is 0 Å². The normalized spacial score (nSPS) is 11.4. The molecule has 1 amide bonds. The number of hydrogen-bond donors (Lipinski definition) is 0. The van der Waals surface area contributed by atoms with E-state index in [1.165, 1.54) is 7.05 Å². The van der Waals surface area contributed by atoms with E-state index in [2.05, 4.69) is 9.82 Å². The number of rotatable bonds is 2. The van der Waals surface area contributed by atoms with Gasteiger partial charge < -0.3 is 0 Å². The van der Waals surface area contributed by atoms with Crippen LogP contribution in [0.3, 0.4) is 0 Å². The maximum absolute atomic E-state index is 12.9. The average Bonchev–Trinajstić information content (AvgIpc) is 2.26. The monoisotopic (exact) mass is 252 g/mol. The van der Waals surface area contributed by atoms with E-state index < -0.39 is 29.3 Å². The number of aromatic nitrogens is 1. The van der Waals surface area contributed by atoms with Gasteiger partial charge in [0, 0.05) is 7.05 Å². The van der Waals surface area contributed by atoms with E-state index in [1.54, 1.807) is 0 Å². The van der Waals surface area contributed by atoms with Crippen LogP contribution in [0.2, 0.25) is 0 Å². The van der Waals surface area contributed by atoms with Gasteiger partial charge in [0.25, 0.3) is 5.91 Å². The van der Waals surface area contributed by atoms with Crippen molar-refractivity contribution in [2.24, 2.45) is 0 Å². The van der Waals surface area contributed by atoms with Crippen molar-refractivity contribution >= 4 is 5.91 Å². The molecule has 0 fully saturated rings. The molecule has 0 aliphatic heterocycles. The summed E-state index contributed by atoms with van der Waals surface area (Å²) < 4.78 is 49.8. The summed E-state index contributed by atoms with van der Waals surface area (Å²) in [6, 6.07) is 1.38. The minimum Gasteiger partial charge on any atom is -0.274 e. The van der Waals surface area contributed by atoms with Gasteiger partial charge in [0.1, 0.15) is 5.69 Å². The van der Waals surface area contributed by atoms with Gasteiger partial charge in [0.15, 0.2) is 11.5 Å². The lowest BCUT2D eigenvalue weighted by Gasteiger charge is -2.14. The number of nitrogens with zero attached hydrogens (tertiary/aromatic N) is 2. The van der Waals surface area contributed by atoms with Crippen molar-refractivity contribution in [2.75, 3.05) is 14.2 Å². The molecule has 1 rings (SSSR count). The molecule has 1 aromatic heterocycles. The Morgan fingerprint density at radius 1 is 1.41 bits per heavy atom. The molecule has 0 radical (unpaired) electrons. The molecule has 0 bridgehead atoms. The smallest absolute Gasteiger partial charge is 0.274 e. The Hall–Kier alpha value is -1.70. The number of hydroxylamine groups is 2. The van der Waals surface area contributed by atoms with Crippen LogP contribution in [0.1, 0.15) is 16.2 Å². The van der Waals surface area contributed by atoms with Gasteiger partial charge in [0.2, 0.25) is 0 Å². The van der Waals surface area contributed by atoms with Crippen LogP contribution in [-0.4, -0.2) is 30.1 Å². The molecule has 1 aromatic rings. The van der Waals surface area contributed by atoms with Gasteiger partial charge in [-0.25, -0.2) is 14.4 Å². The highest BCUT2D eigenvalue weighted by molar-refractivity contribution is 5.91. The predicted octanol–water partition coefficient (Wildman–Crippen LogP) is 1.87. The Morgan fingerprint density at radius 2 is 2.00 bits per heavy atom. The number of hydrogen-bond acceptors (Lipinski definition) is 3. The first kappa shape index (κ1) is 13.4. The van der Waals surface area contributed by atoms with Gasteiger partial charge in [-0.15, -0.1) is 0 Å². The third-order valence-corrected chi connectivity index (χ3v) is 1.89. The molecule has 0 saturated carbocycles. The van der Waals surface area contributed by atoms with Gasteiger partial charge in [-0.05, 0) is 12.1 Å². The number of halogens is 4. The van der Waals surface area contributed by atoms with Crippen molar-refractivity contribution in [1.29, 1.82) is 0 Å². The molecule has 94 valence electrons. The fraction of sp³-hybridized carbons (Fsp3) is 0.333. The van der Waals surface area contributed by atoms with Crippen molar-refractivity contribution in [3.63, 3.8) is 0 Å². The molecule has 8 heteroatoms. The summed E-state index contributed by atoms with van der Waals surface area (Å²) in [5.74, 6) is -2.44. The van der Waals surface area contributed by atoms with Crippen LogP contribution in [0, 0.1) is 5.82 Å². The zero-order valence-corrected chi connectivity index (χ0v) is 8.88. The highest BCUT2D eigenvalue weighted by Crippen LogP contribution is 2.29. The van der Waals surface area contributed by atoms with E-state index in [9.17, 15) is 22.4 Å². The zero-order valence-electron chi connectivity index (χ0n) is 8.88. The van der Waals surface area contributed by atoms with Crippen LogP contribution in [0.25, 0.3) is 0 Å². The van der Waals surface area contributed by atoms with Gasteiger partial charge in [-0.3, -0.25) is 9.63 Å². The summed E-state index contributed by atoms with van der Waals surface area (Å²) in [7, 11) is 2.35. The van der Waals surface area contributed by atoms with Crippen molar-refractivity contribution in [1.82, 2.24) is 10.0 Å². The Labute approximate surface area is 93.8 Å². The van der Waals surface area contributed by atoms with Crippen LogP contribution >= 0.6 is 0 Å². The first-order chi connectivity index (χ1) is 7.77. The number of amides is 1. The van der Waals surface area contributed by atoms with Gasteiger partial charge in [-0.2, -0.15) is 13.2 Å². The molecule has 0 spiro atoms. The molecular formula is C9H8F4N2O2. The topological polar surface area (TPSA) is 42.4 Å². The third kappa shape index (κ3) is 2.90. The van der Waals surface area contributed by atoms with Crippen molar-refractivity contribution in [3.05, 3.63) is 29.3 Å². The van der Waals surface area contributed by atoms with E-state index in [4.69, 9.17) is 0 Å². The summed E-state index contributed by atoms with van der Waals surface area (Å²) in [5, 5.41) is 0.681. The van der Waals surface area contributed by atoms with E-state index in [0.29, 0.717) is 11.1 Å². The Bertz CT molecular complexity index is 433. The fourth-order valence-electron chi connectivity index (χ4n) is 1.00. The first-order valence-electron chi connectivity index (χ1n) is 4.33. The van der Waals surface area contributed by atoms with Gasteiger partial charge in [0.05, 0.1) is 7.11 Å². The van der Waals surface area contributed by atoms with E-state index in [0.717, 1.165) is 13.2 Å². The predicted molar refractivity (Wildman–Crippen MR) is 48.3 cm³/mol. The molecule has 0 aromatic carbocycles. The zero-order chi connectivity index (χ0) is 13.2. The number of alkyl halides is 3. The van der Waals surface area contributed by atoms with Crippen molar-refractivity contribution in [2.45, 2.75) is 6.18 Å². The summed E-state index contributed by atoms with van der Waals surface area (Å²) in [6.45, 7) is 0. The second-order valence-electron chi connectivity index (χ2n) is 3.01. The third-order valence-electron chi connectivity index (χ3n) is 1.89. The summed E-state index contributed by atoms with van der Waals surface area (Å²) >= 11 is 0. The molecule has 0 atom stereocenters. The van der Waals surface area contributed by atoms with Gasteiger partial charge >= 0.3 is 6.18 Å². The average molecular weight is 252 g/mol. The second-order valence-corrected chi connectivity index (χ2v) is 3.01. The van der Waals surface area contributed by atoms with E-state index >= 15 is 0 Å². The molecule has 0 aliphatic rings. The lowest BCUT2D eigenvalue weighted by atomic mass is 10.2. The van der Waals surface area contributed by atoms with Crippen LogP contribution in [0.5, 0.6) is 0 Å². The van der Waals surface area contributed by atoms with Gasteiger partial charge in [-0.1, -0.05) is 0 Å². The fourth-order valence-corrected chi connectivity index (χ4v) is 1.00. The molecule has 1 heterocycles. The quantitative estimate of drug-likeness (QED) is 0.596. The van der Waals surface area contributed by atoms with Crippen LogP contribution in [-0.2, 0) is 11.0 Å². The largest absolute Gasteiger partial charge is 0.436 e. The number of carbonyl (C=O) groups is 1. The highest BCUT2D eigenvalue weighted by Gasteiger charge is 2.37. The first-order valence-corrected chi connectivity index (χ1v) is 4.33.